The number of hydrogen-bond acceptors (Lipinski definition) is 2. The normalized spacial score (nSPS) is 11.9. The molecule has 0 spiro atoms. The van der Waals surface area contributed by atoms with Gasteiger partial charge in [0, 0.05) is 30.2 Å². The molecule has 4 nitrogen and oxygen atoms in total. The Hall–Kier alpha value is -2.85. The average Bonchev–Trinajstić information content (AvgIpc) is 3.15. The van der Waals surface area contributed by atoms with Crippen molar-refractivity contribution in [1.82, 2.24) is 9.88 Å². The Morgan fingerprint density at radius 3 is 2.48 bits per heavy atom. The van der Waals surface area contributed by atoms with Crippen molar-refractivity contribution in [3.63, 3.8) is 0 Å². The third kappa shape index (κ3) is 3.67. The summed E-state index contributed by atoms with van der Waals surface area (Å²) in [6, 6.07) is 20.5. The van der Waals surface area contributed by atoms with Crippen LogP contribution in [0.15, 0.2) is 79.1 Å². The van der Waals surface area contributed by atoms with Crippen LogP contribution in [0, 0.1) is 0 Å². The van der Waals surface area contributed by atoms with E-state index < -0.39 is 6.10 Å². The maximum atomic E-state index is 12.3. The van der Waals surface area contributed by atoms with E-state index in [1.807, 2.05) is 77.6 Å². The smallest absolute Gasteiger partial charge is 0.251 e. The molecule has 4 heteroatoms. The predicted octanol–water partition coefficient (Wildman–Crippen LogP) is 2.94. The second kappa shape index (κ2) is 6.94. The summed E-state index contributed by atoms with van der Waals surface area (Å²) in [5.41, 5.74) is 2.27. The second-order valence-electron chi connectivity index (χ2n) is 5.28. The first kappa shape index (κ1) is 15.1. The van der Waals surface area contributed by atoms with Crippen LogP contribution in [0.1, 0.15) is 22.0 Å². The Morgan fingerprint density at radius 1 is 1.00 bits per heavy atom. The van der Waals surface area contributed by atoms with Crippen molar-refractivity contribution in [2.45, 2.75) is 6.10 Å². The van der Waals surface area contributed by atoms with E-state index in [-0.39, 0.29) is 12.5 Å². The molecule has 0 unspecified atom stereocenters. The molecular weight excluding hydrogens is 288 g/mol. The highest BCUT2D eigenvalue weighted by molar-refractivity contribution is 5.94. The molecular formula is C19H18N2O2. The molecule has 3 aromatic rings. The van der Waals surface area contributed by atoms with Crippen LogP contribution < -0.4 is 5.32 Å². The van der Waals surface area contributed by atoms with E-state index in [1.54, 1.807) is 6.07 Å². The number of rotatable bonds is 5. The summed E-state index contributed by atoms with van der Waals surface area (Å²) < 4.78 is 1.94. The maximum absolute atomic E-state index is 12.3. The van der Waals surface area contributed by atoms with Gasteiger partial charge in [-0.3, -0.25) is 4.79 Å². The Kier molecular flexibility index (Phi) is 4.54. The van der Waals surface area contributed by atoms with Crippen molar-refractivity contribution in [3.05, 3.63) is 90.3 Å². The first-order valence-corrected chi connectivity index (χ1v) is 7.48. The predicted molar refractivity (Wildman–Crippen MR) is 89.5 cm³/mol. The highest BCUT2D eigenvalue weighted by Gasteiger charge is 2.11. The number of benzene rings is 2. The van der Waals surface area contributed by atoms with Crippen molar-refractivity contribution < 1.29 is 9.90 Å². The van der Waals surface area contributed by atoms with E-state index >= 15 is 0 Å². The fourth-order valence-corrected chi connectivity index (χ4v) is 2.40. The number of carbonyl (C=O) groups excluding carboxylic acids is 1. The molecule has 0 saturated heterocycles. The van der Waals surface area contributed by atoms with Gasteiger partial charge in [0.15, 0.2) is 0 Å². The lowest BCUT2D eigenvalue weighted by Crippen LogP contribution is -2.28. The van der Waals surface area contributed by atoms with Crippen LogP contribution in [-0.4, -0.2) is 22.1 Å². The van der Waals surface area contributed by atoms with Gasteiger partial charge in [-0.1, -0.05) is 36.4 Å². The zero-order chi connectivity index (χ0) is 16.1. The largest absolute Gasteiger partial charge is 0.387 e. The zero-order valence-corrected chi connectivity index (χ0v) is 12.6. The number of nitrogens with one attached hydrogen (secondary N) is 1. The van der Waals surface area contributed by atoms with E-state index in [0.29, 0.717) is 5.56 Å². The number of amides is 1. The lowest BCUT2D eigenvalue weighted by Gasteiger charge is -2.12. The molecule has 0 aliphatic rings. The molecule has 0 radical (unpaired) electrons. The Balaban J connectivity index is 1.66. The molecule has 2 N–H and O–H groups in total. The van der Waals surface area contributed by atoms with Crippen LogP contribution >= 0.6 is 0 Å². The second-order valence-corrected chi connectivity index (χ2v) is 5.28. The number of carbonyl (C=O) groups is 1. The summed E-state index contributed by atoms with van der Waals surface area (Å²) in [4.78, 5) is 12.3. The molecule has 1 atom stereocenters. The van der Waals surface area contributed by atoms with Gasteiger partial charge in [0.05, 0.1) is 6.10 Å². The van der Waals surface area contributed by atoms with Gasteiger partial charge in [0.25, 0.3) is 5.91 Å². The third-order valence-electron chi connectivity index (χ3n) is 3.65. The highest BCUT2D eigenvalue weighted by atomic mass is 16.3. The van der Waals surface area contributed by atoms with E-state index in [4.69, 9.17) is 0 Å². The molecule has 0 saturated carbocycles. The Labute approximate surface area is 135 Å². The highest BCUT2D eigenvalue weighted by Crippen LogP contribution is 2.13. The molecule has 1 heterocycles. The van der Waals surface area contributed by atoms with E-state index in [2.05, 4.69) is 5.32 Å². The topological polar surface area (TPSA) is 54.3 Å². The molecule has 0 aliphatic carbocycles. The van der Waals surface area contributed by atoms with Crippen molar-refractivity contribution in [1.29, 1.82) is 0 Å². The summed E-state index contributed by atoms with van der Waals surface area (Å²) in [5.74, 6) is -0.200. The molecule has 23 heavy (non-hydrogen) atoms. The van der Waals surface area contributed by atoms with Crippen LogP contribution in [-0.2, 0) is 0 Å². The van der Waals surface area contributed by atoms with Gasteiger partial charge in [-0.25, -0.2) is 0 Å². The maximum Gasteiger partial charge on any atom is 0.251 e. The van der Waals surface area contributed by atoms with Crippen LogP contribution in [0.3, 0.4) is 0 Å². The minimum atomic E-state index is -0.715. The SMILES string of the molecule is O=C(NC[C@@H](O)c1ccccc1)c1cccc(-n2cccc2)c1. The van der Waals surface area contributed by atoms with E-state index in [9.17, 15) is 9.90 Å². The lowest BCUT2D eigenvalue weighted by molar-refractivity contribution is 0.0916. The zero-order valence-electron chi connectivity index (χ0n) is 12.6. The minimum Gasteiger partial charge on any atom is -0.387 e. The van der Waals surface area contributed by atoms with Crippen LogP contribution in [0.25, 0.3) is 5.69 Å². The molecule has 116 valence electrons. The summed E-state index contributed by atoms with van der Waals surface area (Å²) in [6.07, 6.45) is 3.14. The molecule has 0 fully saturated rings. The monoisotopic (exact) mass is 306 g/mol. The summed E-state index contributed by atoms with van der Waals surface area (Å²) >= 11 is 0. The standard InChI is InChI=1S/C19H18N2O2/c22-18(15-7-2-1-3-8-15)14-20-19(23)16-9-6-10-17(13-16)21-11-4-5-12-21/h1-13,18,22H,14H2,(H,20,23)/t18-/m1/s1. The van der Waals surface area contributed by atoms with Crippen molar-refractivity contribution in [2.24, 2.45) is 0 Å². The number of aliphatic hydroxyl groups excluding tert-OH is 1. The Bertz CT molecular complexity index is 767. The summed E-state index contributed by atoms with van der Waals surface area (Å²) in [7, 11) is 0. The van der Waals surface area contributed by atoms with Crippen molar-refractivity contribution in [3.8, 4) is 5.69 Å². The van der Waals surface area contributed by atoms with Gasteiger partial charge in [-0.15, -0.1) is 0 Å². The van der Waals surface area contributed by atoms with Gasteiger partial charge >= 0.3 is 0 Å². The van der Waals surface area contributed by atoms with Gasteiger partial charge in [0.2, 0.25) is 0 Å². The first-order valence-electron chi connectivity index (χ1n) is 7.48. The fourth-order valence-electron chi connectivity index (χ4n) is 2.40. The quantitative estimate of drug-likeness (QED) is 0.761. The van der Waals surface area contributed by atoms with Gasteiger partial charge in [-0.05, 0) is 35.9 Å². The minimum absolute atomic E-state index is 0.177. The average molecular weight is 306 g/mol. The molecule has 1 amide bonds. The molecule has 3 rings (SSSR count). The van der Waals surface area contributed by atoms with Crippen LogP contribution in [0.5, 0.6) is 0 Å². The van der Waals surface area contributed by atoms with E-state index in [0.717, 1.165) is 11.3 Å². The van der Waals surface area contributed by atoms with Crippen LogP contribution in [0.4, 0.5) is 0 Å². The molecule has 0 bridgehead atoms. The van der Waals surface area contributed by atoms with Crippen LogP contribution in [0.2, 0.25) is 0 Å². The molecule has 2 aromatic carbocycles. The van der Waals surface area contributed by atoms with E-state index in [1.165, 1.54) is 0 Å². The third-order valence-corrected chi connectivity index (χ3v) is 3.65. The van der Waals surface area contributed by atoms with Crippen molar-refractivity contribution in [2.75, 3.05) is 6.54 Å². The fraction of sp³-hybridized carbons (Fsp3) is 0.105. The van der Waals surface area contributed by atoms with Crippen molar-refractivity contribution >= 4 is 5.91 Å². The molecule has 1 aromatic heterocycles. The lowest BCUT2D eigenvalue weighted by atomic mass is 10.1. The van der Waals surface area contributed by atoms with Gasteiger partial charge < -0.3 is 15.0 Å². The first-order chi connectivity index (χ1) is 11.2. The summed E-state index contributed by atoms with van der Waals surface area (Å²) in [5, 5.41) is 12.9. The number of aliphatic hydroxyl groups is 1. The molecule has 0 aliphatic heterocycles. The summed E-state index contributed by atoms with van der Waals surface area (Å²) in [6.45, 7) is 0.177. The Morgan fingerprint density at radius 2 is 1.74 bits per heavy atom. The van der Waals surface area contributed by atoms with Gasteiger partial charge in [-0.2, -0.15) is 0 Å². The number of aromatic nitrogens is 1. The van der Waals surface area contributed by atoms with Gasteiger partial charge in [0.1, 0.15) is 0 Å². The number of hydrogen-bond donors (Lipinski definition) is 2. The number of nitrogens with zero attached hydrogens (tertiary/aromatic N) is 1.